The zero-order valence-corrected chi connectivity index (χ0v) is 11.1. The van der Waals surface area contributed by atoms with Gasteiger partial charge in [0, 0.05) is 12.6 Å². The van der Waals surface area contributed by atoms with Crippen molar-refractivity contribution < 1.29 is 14.3 Å². The molecule has 0 radical (unpaired) electrons. The Morgan fingerprint density at radius 1 is 1.28 bits per heavy atom. The molecule has 0 aliphatic carbocycles. The number of amides is 1. The van der Waals surface area contributed by atoms with Gasteiger partial charge >= 0.3 is 5.97 Å². The van der Waals surface area contributed by atoms with Crippen molar-refractivity contribution in [1.82, 2.24) is 4.90 Å². The topological polar surface area (TPSA) is 46.6 Å². The molecular formula is C14H19NO3. The van der Waals surface area contributed by atoms with Crippen molar-refractivity contribution in [2.75, 3.05) is 20.2 Å². The Kier molecular flexibility index (Phi) is 5.36. The maximum atomic E-state index is 12.1. The Morgan fingerprint density at radius 2 is 1.94 bits per heavy atom. The van der Waals surface area contributed by atoms with E-state index in [2.05, 4.69) is 0 Å². The SMILES string of the molecule is CCCOC(=O)CN(C)C(=O)c1ccccc1C. The zero-order valence-electron chi connectivity index (χ0n) is 11.1. The van der Waals surface area contributed by atoms with Gasteiger partial charge in [-0.05, 0) is 25.0 Å². The van der Waals surface area contributed by atoms with E-state index in [1.165, 1.54) is 4.90 Å². The Hall–Kier alpha value is -1.84. The van der Waals surface area contributed by atoms with Gasteiger partial charge in [-0.25, -0.2) is 0 Å². The summed E-state index contributed by atoms with van der Waals surface area (Å²) in [6.45, 7) is 4.17. The fourth-order valence-electron chi connectivity index (χ4n) is 1.55. The molecule has 1 rings (SSSR count). The molecule has 0 heterocycles. The molecule has 0 fully saturated rings. The largest absolute Gasteiger partial charge is 0.464 e. The number of rotatable bonds is 5. The van der Waals surface area contributed by atoms with Gasteiger partial charge in [0.05, 0.1) is 6.61 Å². The van der Waals surface area contributed by atoms with Crippen LogP contribution in [0.3, 0.4) is 0 Å². The standard InChI is InChI=1S/C14H19NO3/c1-4-9-18-13(16)10-15(3)14(17)12-8-6-5-7-11(12)2/h5-8H,4,9-10H2,1-3H3. The van der Waals surface area contributed by atoms with Crippen LogP contribution in [0, 0.1) is 6.92 Å². The molecule has 0 aromatic heterocycles. The number of carbonyl (C=O) groups excluding carboxylic acids is 2. The lowest BCUT2D eigenvalue weighted by Gasteiger charge is -2.17. The van der Waals surface area contributed by atoms with Crippen LogP contribution in [0.15, 0.2) is 24.3 Å². The van der Waals surface area contributed by atoms with Crippen LogP contribution in [0.1, 0.15) is 29.3 Å². The quantitative estimate of drug-likeness (QED) is 0.750. The molecule has 18 heavy (non-hydrogen) atoms. The van der Waals surface area contributed by atoms with Crippen molar-refractivity contribution in [3.63, 3.8) is 0 Å². The molecule has 0 unspecified atom stereocenters. The number of likely N-dealkylation sites (N-methyl/N-ethyl adjacent to an activating group) is 1. The third-order valence-corrected chi connectivity index (χ3v) is 2.56. The highest BCUT2D eigenvalue weighted by Crippen LogP contribution is 2.09. The maximum Gasteiger partial charge on any atom is 0.325 e. The smallest absolute Gasteiger partial charge is 0.325 e. The number of nitrogens with zero attached hydrogens (tertiary/aromatic N) is 1. The fraction of sp³-hybridized carbons (Fsp3) is 0.429. The van der Waals surface area contributed by atoms with E-state index in [1.54, 1.807) is 13.1 Å². The Balaban J connectivity index is 2.62. The van der Waals surface area contributed by atoms with E-state index in [0.717, 1.165) is 12.0 Å². The molecule has 4 heteroatoms. The summed E-state index contributed by atoms with van der Waals surface area (Å²) in [7, 11) is 1.60. The van der Waals surface area contributed by atoms with E-state index in [1.807, 2.05) is 32.0 Å². The second-order valence-corrected chi connectivity index (χ2v) is 4.20. The van der Waals surface area contributed by atoms with Crippen molar-refractivity contribution in [3.05, 3.63) is 35.4 Å². The average molecular weight is 249 g/mol. The summed E-state index contributed by atoms with van der Waals surface area (Å²) < 4.78 is 4.95. The first-order valence-corrected chi connectivity index (χ1v) is 6.03. The van der Waals surface area contributed by atoms with Crippen LogP contribution in [0.2, 0.25) is 0 Å². The molecule has 0 bridgehead atoms. The zero-order chi connectivity index (χ0) is 13.5. The van der Waals surface area contributed by atoms with E-state index in [-0.39, 0.29) is 18.4 Å². The second-order valence-electron chi connectivity index (χ2n) is 4.20. The molecule has 0 saturated carbocycles. The minimum Gasteiger partial charge on any atom is -0.464 e. The molecule has 4 nitrogen and oxygen atoms in total. The van der Waals surface area contributed by atoms with E-state index < -0.39 is 0 Å². The number of hydrogen-bond donors (Lipinski definition) is 0. The van der Waals surface area contributed by atoms with Crippen molar-refractivity contribution >= 4 is 11.9 Å². The van der Waals surface area contributed by atoms with Gasteiger partial charge in [0.2, 0.25) is 0 Å². The third-order valence-electron chi connectivity index (χ3n) is 2.56. The number of carbonyl (C=O) groups is 2. The first kappa shape index (κ1) is 14.2. The normalized spacial score (nSPS) is 9.94. The number of hydrogen-bond acceptors (Lipinski definition) is 3. The summed E-state index contributed by atoms with van der Waals surface area (Å²) in [4.78, 5) is 24.9. The first-order valence-electron chi connectivity index (χ1n) is 6.03. The van der Waals surface area contributed by atoms with E-state index in [0.29, 0.717) is 12.2 Å². The summed E-state index contributed by atoms with van der Waals surface area (Å²) in [6, 6.07) is 7.31. The van der Waals surface area contributed by atoms with Gasteiger partial charge in [-0.15, -0.1) is 0 Å². The van der Waals surface area contributed by atoms with Gasteiger partial charge in [0.15, 0.2) is 0 Å². The second kappa shape index (κ2) is 6.79. The summed E-state index contributed by atoms with van der Waals surface area (Å²) in [5.74, 6) is -0.539. The van der Waals surface area contributed by atoms with Gasteiger partial charge in [-0.3, -0.25) is 9.59 Å². The van der Waals surface area contributed by atoms with Crippen molar-refractivity contribution in [3.8, 4) is 0 Å². The molecule has 1 amide bonds. The molecule has 0 aliphatic heterocycles. The number of benzene rings is 1. The van der Waals surface area contributed by atoms with Crippen LogP contribution < -0.4 is 0 Å². The van der Waals surface area contributed by atoms with Gasteiger partial charge in [0.25, 0.3) is 5.91 Å². The van der Waals surface area contributed by atoms with Crippen LogP contribution in [0.25, 0.3) is 0 Å². The Bertz CT molecular complexity index is 429. The molecule has 0 aliphatic rings. The van der Waals surface area contributed by atoms with Crippen LogP contribution in [-0.4, -0.2) is 37.0 Å². The molecule has 0 atom stereocenters. The lowest BCUT2D eigenvalue weighted by molar-refractivity contribution is -0.144. The highest BCUT2D eigenvalue weighted by molar-refractivity contribution is 5.97. The van der Waals surface area contributed by atoms with Crippen LogP contribution >= 0.6 is 0 Å². The van der Waals surface area contributed by atoms with Crippen LogP contribution in [-0.2, 0) is 9.53 Å². The number of ether oxygens (including phenoxy) is 1. The monoisotopic (exact) mass is 249 g/mol. The predicted molar refractivity (Wildman–Crippen MR) is 69.4 cm³/mol. The molecule has 1 aromatic carbocycles. The Morgan fingerprint density at radius 3 is 2.56 bits per heavy atom. The molecule has 98 valence electrons. The van der Waals surface area contributed by atoms with Crippen molar-refractivity contribution in [2.45, 2.75) is 20.3 Å². The van der Waals surface area contributed by atoms with E-state index in [9.17, 15) is 9.59 Å². The summed E-state index contributed by atoms with van der Waals surface area (Å²) >= 11 is 0. The van der Waals surface area contributed by atoms with Crippen LogP contribution in [0.4, 0.5) is 0 Å². The van der Waals surface area contributed by atoms with Gasteiger partial charge in [-0.2, -0.15) is 0 Å². The lowest BCUT2D eigenvalue weighted by Crippen LogP contribution is -2.33. The molecule has 1 aromatic rings. The molecule has 0 spiro atoms. The average Bonchev–Trinajstić information content (AvgIpc) is 2.36. The highest BCUT2D eigenvalue weighted by atomic mass is 16.5. The maximum absolute atomic E-state index is 12.1. The third kappa shape index (κ3) is 3.87. The molecule has 0 N–H and O–H groups in total. The lowest BCUT2D eigenvalue weighted by atomic mass is 10.1. The summed E-state index contributed by atoms with van der Waals surface area (Å²) in [6.07, 6.45) is 0.779. The first-order chi connectivity index (χ1) is 8.56. The number of aryl methyl sites for hydroxylation is 1. The minimum atomic E-state index is -0.374. The van der Waals surface area contributed by atoms with Crippen molar-refractivity contribution in [2.24, 2.45) is 0 Å². The van der Waals surface area contributed by atoms with Crippen LogP contribution in [0.5, 0.6) is 0 Å². The van der Waals surface area contributed by atoms with Gasteiger partial charge in [0.1, 0.15) is 6.54 Å². The summed E-state index contributed by atoms with van der Waals surface area (Å²) in [5, 5.41) is 0. The number of esters is 1. The van der Waals surface area contributed by atoms with E-state index >= 15 is 0 Å². The van der Waals surface area contributed by atoms with Gasteiger partial charge in [-0.1, -0.05) is 25.1 Å². The Labute approximate surface area is 108 Å². The van der Waals surface area contributed by atoms with E-state index in [4.69, 9.17) is 4.74 Å². The minimum absolute atomic E-state index is 0.0207. The highest BCUT2D eigenvalue weighted by Gasteiger charge is 2.16. The van der Waals surface area contributed by atoms with Crippen molar-refractivity contribution in [1.29, 1.82) is 0 Å². The predicted octanol–water partition coefficient (Wildman–Crippen LogP) is 2.02. The van der Waals surface area contributed by atoms with Gasteiger partial charge < -0.3 is 9.64 Å². The fourth-order valence-corrected chi connectivity index (χ4v) is 1.55. The molecule has 0 saturated heterocycles. The summed E-state index contributed by atoms with van der Waals surface area (Å²) in [5.41, 5.74) is 1.51. The molecular weight excluding hydrogens is 230 g/mol.